The van der Waals surface area contributed by atoms with Crippen molar-refractivity contribution in [3.63, 3.8) is 0 Å². The summed E-state index contributed by atoms with van der Waals surface area (Å²) < 4.78 is 30.9. The minimum absolute atomic E-state index is 0.196. The minimum Gasteiger partial charge on any atom is -0.385 e. The first-order chi connectivity index (χ1) is 9.52. The van der Waals surface area contributed by atoms with Gasteiger partial charge >= 0.3 is 0 Å². The van der Waals surface area contributed by atoms with Gasteiger partial charge in [-0.05, 0) is 24.6 Å². The average molecular weight is 297 g/mol. The maximum atomic E-state index is 12.3. The molecule has 110 valence electrons. The number of ether oxygens (including phenoxy) is 1. The van der Waals surface area contributed by atoms with Crippen LogP contribution in [0.25, 0.3) is 0 Å². The Labute approximate surface area is 120 Å². The van der Waals surface area contributed by atoms with Gasteiger partial charge in [0.2, 0.25) is 10.0 Å². The van der Waals surface area contributed by atoms with E-state index < -0.39 is 10.0 Å². The number of nitrogens with zero attached hydrogens (tertiary/aromatic N) is 1. The Kier molecular flexibility index (Phi) is 6.68. The minimum atomic E-state index is -3.52. The summed E-state index contributed by atoms with van der Waals surface area (Å²) in [6.07, 6.45) is 0.635. The lowest BCUT2D eigenvalue weighted by atomic mass is 10.2. The number of hydrogen-bond acceptors (Lipinski definition) is 4. The van der Waals surface area contributed by atoms with Crippen LogP contribution >= 0.6 is 0 Å². The van der Waals surface area contributed by atoms with Crippen molar-refractivity contribution in [3.05, 3.63) is 29.8 Å². The van der Waals surface area contributed by atoms with Crippen LogP contribution in [0.4, 0.5) is 0 Å². The molecule has 0 bridgehead atoms. The van der Waals surface area contributed by atoms with Crippen molar-refractivity contribution in [1.82, 2.24) is 4.31 Å². The van der Waals surface area contributed by atoms with Gasteiger partial charge < -0.3 is 9.84 Å². The van der Waals surface area contributed by atoms with Crippen molar-refractivity contribution < 1.29 is 18.3 Å². The predicted octanol–water partition coefficient (Wildman–Crippen LogP) is 0.687. The molecule has 0 saturated carbocycles. The van der Waals surface area contributed by atoms with Gasteiger partial charge in [-0.2, -0.15) is 0 Å². The highest BCUT2D eigenvalue weighted by Gasteiger charge is 2.20. The molecule has 1 N–H and O–H groups in total. The number of hydrogen-bond donors (Lipinski definition) is 1. The standard InChI is InChI=1S/C14H19NO4S/c1-15(9-5-11-19-2)20(17,18)14-8-3-6-13(12-14)7-4-10-16/h3,6,8,12,16H,5,9-11H2,1-2H3. The highest BCUT2D eigenvalue weighted by molar-refractivity contribution is 7.89. The van der Waals surface area contributed by atoms with Gasteiger partial charge in [-0.3, -0.25) is 0 Å². The normalized spacial score (nSPS) is 11.2. The van der Waals surface area contributed by atoms with Gasteiger partial charge in [-0.25, -0.2) is 12.7 Å². The molecule has 0 radical (unpaired) electrons. The zero-order chi connectivity index (χ0) is 15.0. The number of aliphatic hydroxyl groups excluding tert-OH is 1. The molecule has 0 atom stereocenters. The first kappa shape index (κ1) is 16.7. The number of benzene rings is 1. The van der Waals surface area contributed by atoms with Crippen LogP contribution in [-0.4, -0.2) is 51.7 Å². The third-order valence-electron chi connectivity index (χ3n) is 2.68. The molecule has 1 aromatic carbocycles. The number of rotatable bonds is 6. The topological polar surface area (TPSA) is 66.8 Å². The van der Waals surface area contributed by atoms with E-state index in [4.69, 9.17) is 9.84 Å². The first-order valence-electron chi connectivity index (χ1n) is 6.17. The van der Waals surface area contributed by atoms with Crippen molar-refractivity contribution in [2.45, 2.75) is 11.3 Å². The molecular weight excluding hydrogens is 278 g/mol. The monoisotopic (exact) mass is 297 g/mol. The third-order valence-corrected chi connectivity index (χ3v) is 4.53. The van der Waals surface area contributed by atoms with Crippen LogP contribution in [0.3, 0.4) is 0 Å². The fourth-order valence-corrected chi connectivity index (χ4v) is 2.86. The van der Waals surface area contributed by atoms with Crippen molar-refractivity contribution in [2.24, 2.45) is 0 Å². The number of sulfonamides is 1. The summed E-state index contributed by atoms with van der Waals surface area (Å²) in [6.45, 7) is 0.651. The van der Waals surface area contributed by atoms with Gasteiger partial charge in [0.05, 0.1) is 4.90 Å². The summed E-state index contributed by atoms with van der Waals surface area (Å²) in [5, 5.41) is 8.65. The maximum absolute atomic E-state index is 12.3. The van der Waals surface area contributed by atoms with Crippen LogP contribution in [0.1, 0.15) is 12.0 Å². The van der Waals surface area contributed by atoms with Gasteiger partial charge in [-0.1, -0.05) is 17.9 Å². The van der Waals surface area contributed by atoms with E-state index in [1.807, 2.05) is 0 Å². The van der Waals surface area contributed by atoms with E-state index in [9.17, 15) is 8.42 Å². The summed E-state index contributed by atoms with van der Waals surface area (Å²) in [5.41, 5.74) is 0.561. The first-order valence-corrected chi connectivity index (χ1v) is 7.61. The fraction of sp³-hybridized carbons (Fsp3) is 0.429. The quantitative estimate of drug-likeness (QED) is 0.619. The molecule has 0 aromatic heterocycles. The molecular formula is C14H19NO4S. The van der Waals surface area contributed by atoms with E-state index in [0.717, 1.165) is 0 Å². The zero-order valence-corrected chi connectivity index (χ0v) is 12.5. The highest BCUT2D eigenvalue weighted by Crippen LogP contribution is 2.15. The molecule has 20 heavy (non-hydrogen) atoms. The molecule has 0 fully saturated rings. The van der Waals surface area contributed by atoms with Crippen LogP contribution in [-0.2, 0) is 14.8 Å². The lowest BCUT2D eigenvalue weighted by molar-refractivity contribution is 0.189. The largest absolute Gasteiger partial charge is 0.385 e. The lowest BCUT2D eigenvalue weighted by Crippen LogP contribution is -2.28. The van der Waals surface area contributed by atoms with Gasteiger partial charge in [0.15, 0.2) is 0 Å². The Morgan fingerprint density at radius 1 is 1.40 bits per heavy atom. The lowest BCUT2D eigenvalue weighted by Gasteiger charge is -2.17. The molecule has 0 aliphatic carbocycles. The Bertz CT molecular complexity index is 587. The molecule has 1 aromatic rings. The second-order valence-electron chi connectivity index (χ2n) is 4.16. The zero-order valence-electron chi connectivity index (χ0n) is 11.7. The Morgan fingerprint density at radius 2 is 2.15 bits per heavy atom. The van der Waals surface area contributed by atoms with Crippen LogP contribution in [0.5, 0.6) is 0 Å². The molecule has 0 aliphatic heterocycles. The SMILES string of the molecule is COCCCN(C)S(=O)(=O)c1cccc(C#CCO)c1. The van der Waals surface area contributed by atoms with E-state index in [0.29, 0.717) is 25.1 Å². The van der Waals surface area contributed by atoms with Gasteiger partial charge in [0.25, 0.3) is 0 Å². The summed E-state index contributed by atoms with van der Waals surface area (Å²) in [6, 6.07) is 6.38. The number of methoxy groups -OCH3 is 1. The van der Waals surface area contributed by atoms with Gasteiger partial charge in [-0.15, -0.1) is 0 Å². The van der Waals surface area contributed by atoms with Crippen LogP contribution in [0.2, 0.25) is 0 Å². The summed E-state index contributed by atoms with van der Waals surface area (Å²) in [4.78, 5) is 0.196. The third kappa shape index (κ3) is 4.62. The molecule has 5 nitrogen and oxygen atoms in total. The van der Waals surface area contributed by atoms with Crippen molar-refractivity contribution in [1.29, 1.82) is 0 Å². The highest BCUT2D eigenvalue weighted by atomic mass is 32.2. The van der Waals surface area contributed by atoms with Crippen molar-refractivity contribution in [3.8, 4) is 11.8 Å². The second-order valence-corrected chi connectivity index (χ2v) is 6.21. The van der Waals surface area contributed by atoms with E-state index in [2.05, 4.69) is 11.8 Å². The smallest absolute Gasteiger partial charge is 0.242 e. The summed E-state index contributed by atoms with van der Waals surface area (Å²) >= 11 is 0. The molecule has 0 unspecified atom stereocenters. The molecule has 6 heteroatoms. The maximum Gasteiger partial charge on any atom is 0.242 e. The fourth-order valence-electron chi connectivity index (χ4n) is 1.61. The Morgan fingerprint density at radius 3 is 2.80 bits per heavy atom. The van der Waals surface area contributed by atoms with E-state index in [1.165, 1.54) is 23.5 Å². The van der Waals surface area contributed by atoms with Gasteiger partial charge in [0, 0.05) is 32.9 Å². The summed E-state index contributed by atoms with van der Waals surface area (Å²) in [5.74, 6) is 5.19. The van der Waals surface area contributed by atoms with Crippen LogP contribution in [0, 0.1) is 11.8 Å². The van der Waals surface area contributed by atoms with E-state index in [1.54, 1.807) is 19.2 Å². The Hall–Kier alpha value is -1.39. The van der Waals surface area contributed by atoms with E-state index >= 15 is 0 Å². The number of aliphatic hydroxyl groups is 1. The van der Waals surface area contributed by atoms with Gasteiger partial charge in [0.1, 0.15) is 6.61 Å². The van der Waals surface area contributed by atoms with Crippen LogP contribution < -0.4 is 0 Å². The second kappa shape index (κ2) is 8.02. The van der Waals surface area contributed by atoms with Crippen molar-refractivity contribution >= 4 is 10.0 Å². The van der Waals surface area contributed by atoms with Crippen molar-refractivity contribution in [2.75, 3.05) is 33.9 Å². The molecule has 0 amide bonds. The predicted molar refractivity (Wildman–Crippen MR) is 76.7 cm³/mol. The molecule has 0 spiro atoms. The Balaban J connectivity index is 2.91. The molecule has 1 rings (SSSR count). The summed E-state index contributed by atoms with van der Waals surface area (Å²) in [7, 11) is -0.400. The molecule has 0 aliphatic rings. The van der Waals surface area contributed by atoms with E-state index in [-0.39, 0.29) is 11.5 Å². The van der Waals surface area contributed by atoms with Crippen LogP contribution in [0.15, 0.2) is 29.2 Å². The average Bonchev–Trinajstić information content (AvgIpc) is 2.45. The molecule has 0 heterocycles. The molecule has 0 saturated heterocycles.